The summed E-state index contributed by atoms with van der Waals surface area (Å²) in [4.78, 5) is 21.9. The molecule has 0 aromatic carbocycles. The van der Waals surface area contributed by atoms with E-state index in [0.717, 1.165) is 49.7 Å². The van der Waals surface area contributed by atoms with E-state index in [1.807, 2.05) is 14.0 Å². The molecule has 0 spiro atoms. The first-order valence-electron chi connectivity index (χ1n) is 7.10. The molecule has 1 fully saturated rings. The van der Waals surface area contributed by atoms with Crippen LogP contribution in [0.15, 0.2) is 6.33 Å². The van der Waals surface area contributed by atoms with Crippen LogP contribution in [0, 0.1) is 12.8 Å². The van der Waals surface area contributed by atoms with Crippen molar-refractivity contribution in [2.24, 2.45) is 5.92 Å². The van der Waals surface area contributed by atoms with Crippen molar-refractivity contribution in [1.82, 2.24) is 15.3 Å². The van der Waals surface area contributed by atoms with E-state index in [9.17, 15) is 4.79 Å². The summed E-state index contributed by atoms with van der Waals surface area (Å²) in [7, 11) is 1.87. The third kappa shape index (κ3) is 3.37. The van der Waals surface area contributed by atoms with Crippen LogP contribution < -0.4 is 15.5 Å². The molecule has 0 aliphatic carbocycles. The summed E-state index contributed by atoms with van der Waals surface area (Å²) in [5, 5.41) is 6.00. The number of piperidine rings is 1. The summed E-state index contributed by atoms with van der Waals surface area (Å²) >= 11 is 0. The second-order valence-corrected chi connectivity index (χ2v) is 5.29. The van der Waals surface area contributed by atoms with Crippen LogP contribution in [-0.4, -0.2) is 42.6 Å². The van der Waals surface area contributed by atoms with Crippen molar-refractivity contribution >= 4 is 17.5 Å². The van der Waals surface area contributed by atoms with E-state index in [1.165, 1.54) is 0 Å². The van der Waals surface area contributed by atoms with E-state index in [2.05, 4.69) is 25.5 Å². The Labute approximate surface area is 120 Å². The maximum Gasteiger partial charge on any atom is 0.216 e. The lowest BCUT2D eigenvalue weighted by Gasteiger charge is -2.33. The number of anilines is 2. The van der Waals surface area contributed by atoms with E-state index in [4.69, 9.17) is 0 Å². The fourth-order valence-electron chi connectivity index (χ4n) is 2.65. The van der Waals surface area contributed by atoms with Gasteiger partial charge in [-0.3, -0.25) is 4.79 Å². The van der Waals surface area contributed by atoms with Gasteiger partial charge in [0, 0.05) is 39.2 Å². The van der Waals surface area contributed by atoms with E-state index in [1.54, 1.807) is 13.3 Å². The molecule has 2 N–H and O–H groups in total. The molecule has 0 unspecified atom stereocenters. The lowest BCUT2D eigenvalue weighted by Crippen LogP contribution is -2.39. The van der Waals surface area contributed by atoms with Crippen molar-refractivity contribution in [2.45, 2.75) is 26.7 Å². The highest BCUT2D eigenvalue weighted by Crippen LogP contribution is 2.26. The van der Waals surface area contributed by atoms with Gasteiger partial charge in [-0.15, -0.1) is 0 Å². The van der Waals surface area contributed by atoms with Crippen LogP contribution in [0.25, 0.3) is 0 Å². The number of hydrogen-bond donors (Lipinski definition) is 2. The maximum atomic E-state index is 10.9. The molecule has 1 aliphatic heterocycles. The molecule has 0 atom stereocenters. The Balaban J connectivity index is 1.95. The van der Waals surface area contributed by atoms with Crippen LogP contribution in [0.1, 0.15) is 25.3 Å². The molecule has 6 nitrogen and oxygen atoms in total. The minimum Gasteiger partial charge on any atom is -0.373 e. The molecule has 0 radical (unpaired) electrons. The Morgan fingerprint density at radius 1 is 1.40 bits per heavy atom. The number of aromatic nitrogens is 2. The number of nitrogens with one attached hydrogen (secondary N) is 2. The Morgan fingerprint density at radius 3 is 2.70 bits per heavy atom. The Morgan fingerprint density at radius 2 is 2.10 bits per heavy atom. The van der Waals surface area contributed by atoms with E-state index < -0.39 is 0 Å². The quantitative estimate of drug-likeness (QED) is 0.865. The van der Waals surface area contributed by atoms with Crippen molar-refractivity contribution in [3.05, 3.63) is 11.9 Å². The molecule has 1 aromatic heterocycles. The lowest BCUT2D eigenvalue weighted by atomic mass is 9.96. The van der Waals surface area contributed by atoms with Crippen molar-refractivity contribution in [2.75, 3.05) is 36.9 Å². The molecule has 1 aromatic rings. The third-order valence-electron chi connectivity index (χ3n) is 3.85. The minimum atomic E-state index is 0.0535. The van der Waals surface area contributed by atoms with Crippen LogP contribution in [-0.2, 0) is 4.79 Å². The van der Waals surface area contributed by atoms with Crippen molar-refractivity contribution in [1.29, 1.82) is 0 Å². The summed E-state index contributed by atoms with van der Waals surface area (Å²) in [6, 6.07) is 0. The first-order valence-corrected chi connectivity index (χ1v) is 7.10. The normalized spacial score (nSPS) is 16.1. The van der Waals surface area contributed by atoms with Gasteiger partial charge in [-0.05, 0) is 25.7 Å². The molecule has 1 saturated heterocycles. The summed E-state index contributed by atoms with van der Waals surface area (Å²) in [5.41, 5.74) is 1.09. The first-order chi connectivity index (χ1) is 9.61. The van der Waals surface area contributed by atoms with E-state index >= 15 is 0 Å². The first kappa shape index (κ1) is 14.6. The molecular formula is C14H23N5O. The zero-order valence-electron chi connectivity index (χ0n) is 12.4. The number of hydrogen-bond acceptors (Lipinski definition) is 5. The van der Waals surface area contributed by atoms with Crippen LogP contribution in [0.5, 0.6) is 0 Å². The van der Waals surface area contributed by atoms with E-state index in [-0.39, 0.29) is 5.91 Å². The Bertz CT molecular complexity index is 469. The molecule has 1 aliphatic rings. The fraction of sp³-hybridized carbons (Fsp3) is 0.643. The standard InChI is InChI=1S/C14H23N5O/c1-10-13(15-3)17-9-18-14(10)19-6-4-12(5-7-19)8-16-11(2)20/h9,12H,4-8H2,1-3H3,(H,16,20)(H,15,17,18). The number of amides is 1. The van der Waals surface area contributed by atoms with Crippen molar-refractivity contribution < 1.29 is 4.79 Å². The monoisotopic (exact) mass is 277 g/mol. The van der Waals surface area contributed by atoms with Crippen LogP contribution in [0.2, 0.25) is 0 Å². The summed E-state index contributed by atoms with van der Waals surface area (Å²) < 4.78 is 0. The molecule has 2 heterocycles. The topological polar surface area (TPSA) is 70.2 Å². The number of rotatable bonds is 4. The molecule has 2 rings (SSSR count). The van der Waals surface area contributed by atoms with Gasteiger partial charge >= 0.3 is 0 Å². The highest BCUT2D eigenvalue weighted by molar-refractivity contribution is 5.72. The fourth-order valence-corrected chi connectivity index (χ4v) is 2.65. The van der Waals surface area contributed by atoms with Gasteiger partial charge in [-0.1, -0.05) is 0 Å². The molecule has 6 heteroatoms. The predicted molar refractivity (Wildman–Crippen MR) is 79.9 cm³/mol. The molecule has 20 heavy (non-hydrogen) atoms. The van der Waals surface area contributed by atoms with E-state index in [0.29, 0.717) is 5.92 Å². The maximum absolute atomic E-state index is 10.9. The smallest absolute Gasteiger partial charge is 0.216 e. The summed E-state index contributed by atoms with van der Waals surface area (Å²) in [5.74, 6) is 2.52. The van der Waals surface area contributed by atoms with Gasteiger partial charge in [0.15, 0.2) is 0 Å². The predicted octanol–water partition coefficient (Wildman–Crippen LogP) is 1.18. The van der Waals surface area contributed by atoms with Crippen molar-refractivity contribution in [3.63, 3.8) is 0 Å². The highest BCUT2D eigenvalue weighted by Gasteiger charge is 2.22. The van der Waals surface area contributed by atoms with Gasteiger partial charge in [0.2, 0.25) is 5.91 Å². The highest BCUT2D eigenvalue weighted by atomic mass is 16.1. The van der Waals surface area contributed by atoms with Crippen LogP contribution >= 0.6 is 0 Å². The second-order valence-electron chi connectivity index (χ2n) is 5.29. The molecular weight excluding hydrogens is 254 g/mol. The van der Waals surface area contributed by atoms with Crippen LogP contribution in [0.4, 0.5) is 11.6 Å². The average Bonchev–Trinajstić information content (AvgIpc) is 2.46. The van der Waals surface area contributed by atoms with Gasteiger partial charge in [0.05, 0.1) is 0 Å². The largest absolute Gasteiger partial charge is 0.373 e. The minimum absolute atomic E-state index is 0.0535. The van der Waals surface area contributed by atoms with Gasteiger partial charge in [0.1, 0.15) is 18.0 Å². The zero-order chi connectivity index (χ0) is 14.5. The molecule has 110 valence electrons. The number of nitrogens with zero attached hydrogens (tertiary/aromatic N) is 3. The number of carbonyl (C=O) groups is 1. The number of carbonyl (C=O) groups excluding carboxylic acids is 1. The SMILES string of the molecule is CNc1ncnc(N2CCC(CNC(C)=O)CC2)c1C. The van der Waals surface area contributed by atoms with Crippen molar-refractivity contribution in [3.8, 4) is 0 Å². The second kappa shape index (κ2) is 6.54. The van der Waals surface area contributed by atoms with Gasteiger partial charge in [-0.25, -0.2) is 9.97 Å². The molecule has 0 bridgehead atoms. The Hall–Kier alpha value is -1.85. The molecule has 1 amide bonds. The zero-order valence-corrected chi connectivity index (χ0v) is 12.4. The van der Waals surface area contributed by atoms with Gasteiger partial charge < -0.3 is 15.5 Å². The Kier molecular flexibility index (Phi) is 4.76. The summed E-state index contributed by atoms with van der Waals surface area (Å²) in [6.45, 7) is 6.35. The average molecular weight is 277 g/mol. The van der Waals surface area contributed by atoms with Gasteiger partial charge in [-0.2, -0.15) is 0 Å². The molecule has 0 saturated carbocycles. The third-order valence-corrected chi connectivity index (χ3v) is 3.85. The van der Waals surface area contributed by atoms with Crippen LogP contribution in [0.3, 0.4) is 0 Å². The summed E-state index contributed by atoms with van der Waals surface area (Å²) in [6.07, 6.45) is 3.77. The van der Waals surface area contributed by atoms with Gasteiger partial charge in [0.25, 0.3) is 0 Å². The lowest BCUT2D eigenvalue weighted by molar-refractivity contribution is -0.119.